The molecular formula is C28H24ClFN6O4. The maximum Gasteiger partial charge on any atom is 0.271 e. The number of nitrogens with zero attached hydrogens (tertiary/aromatic N) is 4. The summed E-state index contributed by atoms with van der Waals surface area (Å²) >= 11 is 6.33. The van der Waals surface area contributed by atoms with Crippen molar-refractivity contribution in [2.45, 2.75) is 6.10 Å². The van der Waals surface area contributed by atoms with Gasteiger partial charge in [-0.05, 0) is 36.4 Å². The molecule has 12 heteroatoms. The number of ether oxygens (including phenoxy) is 1. The quantitative estimate of drug-likeness (QED) is 0.355. The lowest BCUT2D eigenvalue weighted by Gasteiger charge is -2.29. The van der Waals surface area contributed by atoms with E-state index < -0.39 is 17.6 Å². The van der Waals surface area contributed by atoms with Gasteiger partial charge in [0.1, 0.15) is 23.9 Å². The minimum atomic E-state index is -0.587. The third-order valence-electron chi connectivity index (χ3n) is 6.26. The number of pyridine rings is 1. The molecule has 1 fully saturated rings. The number of carbonyl (C=O) groups excluding carboxylic acids is 3. The van der Waals surface area contributed by atoms with Crippen LogP contribution in [0.3, 0.4) is 0 Å². The standard InChI is InChI=1S/C28H24ClFN6O4/c1-35-15-19(40-16-25(35)37)14-32-28(39)23-13-24(36(34-23)18-6-3-2-4-7-18)33-27(38)20-12-17(9-10-21(20)29)26-22(30)8-5-11-31-26/h2-13,19H,14-16H2,1H3,(H,32,39)(H,33,38). The molecule has 0 bridgehead atoms. The number of rotatable bonds is 7. The molecule has 0 radical (unpaired) electrons. The summed E-state index contributed by atoms with van der Waals surface area (Å²) < 4.78 is 21.2. The van der Waals surface area contributed by atoms with Gasteiger partial charge in [0, 0.05) is 38.0 Å². The number of halogens is 2. The van der Waals surface area contributed by atoms with Gasteiger partial charge in [-0.3, -0.25) is 19.4 Å². The Balaban J connectivity index is 1.39. The lowest BCUT2D eigenvalue weighted by molar-refractivity contribution is -0.146. The fourth-order valence-corrected chi connectivity index (χ4v) is 4.36. The number of benzene rings is 2. The van der Waals surface area contributed by atoms with Crippen molar-refractivity contribution in [3.8, 4) is 16.9 Å². The summed E-state index contributed by atoms with van der Waals surface area (Å²) in [6, 6.07) is 17.7. The minimum Gasteiger partial charge on any atom is -0.365 e. The smallest absolute Gasteiger partial charge is 0.271 e. The Kier molecular flexibility index (Phi) is 7.85. The average molecular weight is 563 g/mol. The fourth-order valence-electron chi connectivity index (χ4n) is 4.16. The largest absolute Gasteiger partial charge is 0.365 e. The van der Waals surface area contributed by atoms with Crippen LogP contribution in [0.2, 0.25) is 5.02 Å². The molecular weight excluding hydrogens is 539 g/mol. The number of morpholine rings is 1. The van der Waals surface area contributed by atoms with Gasteiger partial charge in [0.25, 0.3) is 11.8 Å². The monoisotopic (exact) mass is 562 g/mol. The molecule has 204 valence electrons. The number of hydrogen-bond acceptors (Lipinski definition) is 6. The van der Waals surface area contributed by atoms with Gasteiger partial charge < -0.3 is 20.3 Å². The molecule has 5 rings (SSSR count). The second-order valence-corrected chi connectivity index (χ2v) is 9.47. The first-order valence-electron chi connectivity index (χ1n) is 12.3. The van der Waals surface area contributed by atoms with Crippen LogP contribution in [0.4, 0.5) is 10.2 Å². The van der Waals surface area contributed by atoms with Gasteiger partial charge in [0.05, 0.1) is 22.4 Å². The van der Waals surface area contributed by atoms with Crippen LogP contribution in [-0.2, 0) is 9.53 Å². The molecule has 10 nitrogen and oxygen atoms in total. The molecule has 1 aliphatic heterocycles. The second-order valence-electron chi connectivity index (χ2n) is 9.06. The number of amides is 3. The molecule has 0 aliphatic carbocycles. The van der Waals surface area contributed by atoms with Crippen LogP contribution in [0, 0.1) is 5.82 Å². The first kappa shape index (κ1) is 27.0. The maximum atomic E-state index is 14.3. The third-order valence-corrected chi connectivity index (χ3v) is 6.59. The lowest BCUT2D eigenvalue weighted by Crippen LogP contribution is -2.48. The highest BCUT2D eigenvalue weighted by molar-refractivity contribution is 6.34. The Morgan fingerprint density at radius 2 is 1.90 bits per heavy atom. The van der Waals surface area contributed by atoms with Crippen molar-refractivity contribution >= 4 is 35.1 Å². The van der Waals surface area contributed by atoms with E-state index in [4.69, 9.17) is 16.3 Å². The summed E-state index contributed by atoms with van der Waals surface area (Å²) in [6.07, 6.45) is 1.09. The van der Waals surface area contributed by atoms with E-state index in [9.17, 15) is 18.8 Å². The van der Waals surface area contributed by atoms with Crippen molar-refractivity contribution in [2.75, 3.05) is 32.1 Å². The minimum absolute atomic E-state index is 0.0490. The van der Waals surface area contributed by atoms with Crippen molar-refractivity contribution in [3.63, 3.8) is 0 Å². The number of carbonyl (C=O) groups is 3. The van der Waals surface area contributed by atoms with Crippen LogP contribution in [0.5, 0.6) is 0 Å². The van der Waals surface area contributed by atoms with Gasteiger partial charge in [0.2, 0.25) is 5.91 Å². The number of nitrogens with one attached hydrogen (secondary N) is 2. The zero-order valence-electron chi connectivity index (χ0n) is 21.3. The van der Waals surface area contributed by atoms with Gasteiger partial charge in [-0.25, -0.2) is 9.07 Å². The van der Waals surface area contributed by atoms with Crippen LogP contribution < -0.4 is 10.6 Å². The molecule has 4 aromatic rings. The highest BCUT2D eigenvalue weighted by Gasteiger charge is 2.25. The Morgan fingerprint density at radius 1 is 1.10 bits per heavy atom. The summed E-state index contributed by atoms with van der Waals surface area (Å²) in [5.74, 6) is -1.52. The van der Waals surface area contributed by atoms with Gasteiger partial charge in [-0.1, -0.05) is 35.9 Å². The molecule has 40 heavy (non-hydrogen) atoms. The van der Waals surface area contributed by atoms with Crippen LogP contribution in [-0.4, -0.2) is 70.2 Å². The molecule has 1 atom stereocenters. The molecule has 3 heterocycles. The lowest BCUT2D eigenvalue weighted by atomic mass is 10.1. The van der Waals surface area contributed by atoms with Gasteiger partial charge in [-0.15, -0.1) is 0 Å². The van der Waals surface area contributed by atoms with Crippen molar-refractivity contribution in [3.05, 3.63) is 95.0 Å². The van der Waals surface area contributed by atoms with Crippen LogP contribution in [0.15, 0.2) is 72.9 Å². The number of aromatic nitrogens is 3. The summed E-state index contributed by atoms with van der Waals surface area (Å²) in [7, 11) is 1.67. The molecule has 2 N–H and O–H groups in total. The van der Waals surface area contributed by atoms with Gasteiger partial charge in [0.15, 0.2) is 5.69 Å². The summed E-state index contributed by atoms with van der Waals surface area (Å²) in [5, 5.41) is 10.1. The van der Waals surface area contributed by atoms with E-state index in [1.165, 1.54) is 41.2 Å². The van der Waals surface area contributed by atoms with Gasteiger partial charge in [-0.2, -0.15) is 5.10 Å². The SMILES string of the molecule is CN1CC(CNC(=O)c2cc(NC(=O)c3cc(-c4ncccc4F)ccc3Cl)n(-c3ccccc3)n2)OCC1=O. The predicted octanol–water partition coefficient (Wildman–Crippen LogP) is 3.57. The Hall–Kier alpha value is -4.61. The zero-order chi connectivity index (χ0) is 28.2. The molecule has 0 saturated carbocycles. The second kappa shape index (κ2) is 11.6. The van der Waals surface area contributed by atoms with Crippen molar-refractivity contribution in [2.24, 2.45) is 0 Å². The molecule has 0 spiro atoms. The van der Waals surface area contributed by atoms with E-state index in [2.05, 4.69) is 20.7 Å². The zero-order valence-corrected chi connectivity index (χ0v) is 22.1. The summed E-state index contributed by atoms with van der Waals surface area (Å²) in [4.78, 5) is 43.6. The first-order chi connectivity index (χ1) is 19.3. The van der Waals surface area contributed by atoms with Crippen LogP contribution in [0.25, 0.3) is 16.9 Å². The Labute approximate surface area is 233 Å². The summed E-state index contributed by atoms with van der Waals surface area (Å²) in [6.45, 7) is 0.469. The highest BCUT2D eigenvalue weighted by atomic mass is 35.5. The Morgan fingerprint density at radius 3 is 2.65 bits per heavy atom. The normalized spacial score (nSPS) is 15.1. The number of hydrogen-bond donors (Lipinski definition) is 2. The molecule has 3 amide bonds. The topological polar surface area (TPSA) is 118 Å². The first-order valence-corrected chi connectivity index (χ1v) is 12.7. The molecule has 2 aromatic heterocycles. The van der Waals surface area contributed by atoms with E-state index in [-0.39, 0.29) is 53.0 Å². The van der Waals surface area contributed by atoms with E-state index in [0.717, 1.165) is 0 Å². The van der Waals surface area contributed by atoms with E-state index in [0.29, 0.717) is 17.8 Å². The van der Waals surface area contributed by atoms with E-state index in [1.807, 2.05) is 6.07 Å². The van der Waals surface area contributed by atoms with Crippen molar-refractivity contribution in [1.29, 1.82) is 0 Å². The van der Waals surface area contributed by atoms with E-state index >= 15 is 0 Å². The Bertz CT molecular complexity index is 1580. The number of anilines is 1. The van der Waals surface area contributed by atoms with Crippen LogP contribution >= 0.6 is 11.6 Å². The highest BCUT2D eigenvalue weighted by Crippen LogP contribution is 2.27. The molecule has 2 aromatic carbocycles. The van der Waals surface area contributed by atoms with Crippen molar-refractivity contribution in [1.82, 2.24) is 25.0 Å². The molecule has 1 unspecified atom stereocenters. The molecule has 1 aliphatic rings. The average Bonchev–Trinajstić information content (AvgIpc) is 3.38. The summed E-state index contributed by atoms with van der Waals surface area (Å²) in [5.41, 5.74) is 1.20. The van der Waals surface area contributed by atoms with Crippen molar-refractivity contribution < 1.29 is 23.5 Å². The fraction of sp³-hybridized carbons (Fsp3) is 0.179. The number of likely N-dealkylation sites (N-methyl/N-ethyl adjacent to an activating group) is 1. The molecule has 1 saturated heterocycles. The predicted molar refractivity (Wildman–Crippen MR) is 146 cm³/mol. The van der Waals surface area contributed by atoms with E-state index in [1.54, 1.807) is 42.3 Å². The number of para-hydroxylation sites is 1. The third kappa shape index (κ3) is 5.85. The van der Waals surface area contributed by atoms with Gasteiger partial charge >= 0.3 is 0 Å². The van der Waals surface area contributed by atoms with Crippen LogP contribution in [0.1, 0.15) is 20.8 Å². The maximum absolute atomic E-state index is 14.3.